The van der Waals surface area contributed by atoms with E-state index in [0.29, 0.717) is 12.2 Å². The van der Waals surface area contributed by atoms with Crippen molar-refractivity contribution in [2.24, 2.45) is 21.6 Å². The van der Waals surface area contributed by atoms with Crippen LogP contribution in [0.4, 0.5) is 0 Å². The number of rotatable bonds is 4. The standard InChI is InChI=1S/C22H25N5O3/c1-28-15-10-8-14(9-11-15)18-20(12-23)19(25)27-22(29-2,30-3)21(20,13-24)16-6-4-5-7-17(16)26-18/h8-11,18,26H,4-7H2,1-3H3,(H2,25,27)/t18-,20-,21+/m0/s1. The number of hydrogen-bond donors (Lipinski definition) is 2. The fraction of sp³-hybridized carbons (Fsp3) is 0.500. The molecule has 3 aliphatic rings. The van der Waals surface area contributed by atoms with Crippen molar-refractivity contribution in [2.45, 2.75) is 37.6 Å². The molecular weight excluding hydrogens is 382 g/mol. The van der Waals surface area contributed by atoms with Crippen LogP contribution in [0.15, 0.2) is 40.5 Å². The molecule has 8 nitrogen and oxygen atoms in total. The molecule has 0 bridgehead atoms. The number of allylic oxidation sites excluding steroid dienone is 1. The van der Waals surface area contributed by atoms with Crippen LogP contribution in [0.2, 0.25) is 0 Å². The number of nitriles is 2. The summed E-state index contributed by atoms with van der Waals surface area (Å²) in [5.41, 5.74) is 5.97. The van der Waals surface area contributed by atoms with Gasteiger partial charge < -0.3 is 25.3 Å². The molecule has 1 aromatic carbocycles. The number of benzene rings is 1. The Kier molecular flexibility index (Phi) is 4.73. The highest BCUT2D eigenvalue weighted by Crippen LogP contribution is 2.67. The second-order valence-corrected chi connectivity index (χ2v) is 7.78. The van der Waals surface area contributed by atoms with Gasteiger partial charge in [0.05, 0.1) is 25.3 Å². The first-order chi connectivity index (χ1) is 14.5. The van der Waals surface area contributed by atoms with Gasteiger partial charge in [-0.15, -0.1) is 0 Å². The largest absolute Gasteiger partial charge is 0.497 e. The van der Waals surface area contributed by atoms with Crippen LogP contribution in [0.1, 0.15) is 37.3 Å². The van der Waals surface area contributed by atoms with Gasteiger partial charge in [-0.2, -0.15) is 10.5 Å². The molecule has 0 spiro atoms. The number of nitrogens with zero attached hydrogens (tertiary/aromatic N) is 3. The molecule has 0 saturated heterocycles. The van der Waals surface area contributed by atoms with Crippen LogP contribution in [-0.2, 0) is 9.47 Å². The highest BCUT2D eigenvalue weighted by molar-refractivity contribution is 5.96. The van der Waals surface area contributed by atoms with Gasteiger partial charge in [0.25, 0.3) is 5.91 Å². The number of ether oxygens (including phenoxy) is 3. The number of nitrogens with one attached hydrogen (secondary N) is 1. The zero-order chi connectivity index (χ0) is 21.6. The van der Waals surface area contributed by atoms with Crippen molar-refractivity contribution in [3.8, 4) is 17.9 Å². The highest BCUT2D eigenvalue weighted by atomic mass is 16.7. The average molecular weight is 407 g/mol. The molecule has 156 valence electrons. The molecule has 3 atom stereocenters. The summed E-state index contributed by atoms with van der Waals surface area (Å²) in [4.78, 5) is 4.49. The van der Waals surface area contributed by atoms with Crippen LogP contribution in [0.5, 0.6) is 5.75 Å². The molecule has 0 saturated carbocycles. The molecule has 2 aliphatic heterocycles. The van der Waals surface area contributed by atoms with Gasteiger partial charge in [0.2, 0.25) is 0 Å². The average Bonchev–Trinajstić information content (AvgIpc) is 3.04. The minimum Gasteiger partial charge on any atom is -0.497 e. The van der Waals surface area contributed by atoms with Crippen molar-refractivity contribution in [1.82, 2.24) is 5.32 Å². The first-order valence-corrected chi connectivity index (χ1v) is 9.91. The van der Waals surface area contributed by atoms with Crippen LogP contribution in [0.25, 0.3) is 0 Å². The summed E-state index contributed by atoms with van der Waals surface area (Å²) in [6.07, 6.45) is 3.32. The van der Waals surface area contributed by atoms with E-state index in [1.807, 2.05) is 24.3 Å². The van der Waals surface area contributed by atoms with Crippen molar-refractivity contribution in [3.05, 3.63) is 41.1 Å². The molecule has 0 fully saturated rings. The second-order valence-electron chi connectivity index (χ2n) is 7.78. The second kappa shape index (κ2) is 7.02. The summed E-state index contributed by atoms with van der Waals surface area (Å²) in [6.45, 7) is 0. The Morgan fingerprint density at radius 3 is 2.30 bits per heavy atom. The Labute approximate surface area is 175 Å². The quantitative estimate of drug-likeness (QED) is 0.734. The van der Waals surface area contributed by atoms with E-state index in [9.17, 15) is 10.5 Å². The third-order valence-electron chi connectivity index (χ3n) is 6.76. The normalized spacial score (nSPS) is 31.5. The molecule has 3 N–H and O–H groups in total. The summed E-state index contributed by atoms with van der Waals surface area (Å²) in [5.74, 6) is -0.978. The number of amidine groups is 1. The summed E-state index contributed by atoms with van der Waals surface area (Å²) in [5, 5.41) is 24.8. The molecule has 0 unspecified atom stereocenters. The minimum atomic E-state index is -1.70. The topological polar surface area (TPSA) is 126 Å². The third kappa shape index (κ3) is 2.18. The zero-order valence-corrected chi connectivity index (χ0v) is 17.4. The van der Waals surface area contributed by atoms with E-state index in [-0.39, 0.29) is 5.84 Å². The van der Waals surface area contributed by atoms with Gasteiger partial charge in [-0.25, -0.2) is 4.99 Å². The van der Waals surface area contributed by atoms with E-state index in [2.05, 4.69) is 22.4 Å². The molecule has 30 heavy (non-hydrogen) atoms. The van der Waals surface area contributed by atoms with Gasteiger partial charge >= 0.3 is 0 Å². The summed E-state index contributed by atoms with van der Waals surface area (Å²) in [7, 11) is 4.46. The molecule has 0 amide bonds. The third-order valence-corrected chi connectivity index (χ3v) is 6.76. The molecule has 1 aromatic rings. The monoisotopic (exact) mass is 407 g/mol. The van der Waals surface area contributed by atoms with Gasteiger partial charge in [-0.3, -0.25) is 0 Å². The Hall–Kier alpha value is -3.07. The summed E-state index contributed by atoms with van der Waals surface area (Å²) < 4.78 is 16.7. The van der Waals surface area contributed by atoms with E-state index >= 15 is 0 Å². The van der Waals surface area contributed by atoms with Crippen molar-refractivity contribution in [3.63, 3.8) is 0 Å². The van der Waals surface area contributed by atoms with Gasteiger partial charge in [-0.05, 0) is 49.0 Å². The number of nitrogens with two attached hydrogens (primary N) is 1. The first kappa shape index (κ1) is 20.2. The predicted molar refractivity (Wildman–Crippen MR) is 109 cm³/mol. The van der Waals surface area contributed by atoms with E-state index < -0.39 is 22.8 Å². The maximum Gasteiger partial charge on any atom is 0.296 e. The predicted octanol–water partition coefficient (Wildman–Crippen LogP) is 2.50. The first-order valence-electron chi connectivity index (χ1n) is 9.91. The lowest BCUT2D eigenvalue weighted by molar-refractivity contribution is -0.254. The smallest absolute Gasteiger partial charge is 0.296 e. The fourth-order valence-electron chi connectivity index (χ4n) is 5.37. The minimum absolute atomic E-state index is 0.0284. The Bertz CT molecular complexity index is 999. The molecule has 0 radical (unpaired) electrons. The number of hydrogen-bond acceptors (Lipinski definition) is 8. The van der Waals surface area contributed by atoms with Crippen molar-refractivity contribution in [2.75, 3.05) is 21.3 Å². The number of methoxy groups -OCH3 is 3. The van der Waals surface area contributed by atoms with E-state index in [0.717, 1.165) is 36.1 Å². The van der Waals surface area contributed by atoms with Crippen molar-refractivity contribution in [1.29, 1.82) is 10.5 Å². The molecule has 1 aliphatic carbocycles. The Morgan fingerprint density at radius 1 is 1.07 bits per heavy atom. The maximum absolute atomic E-state index is 10.7. The zero-order valence-electron chi connectivity index (χ0n) is 17.4. The van der Waals surface area contributed by atoms with Gasteiger partial charge in [0.15, 0.2) is 10.8 Å². The summed E-state index contributed by atoms with van der Waals surface area (Å²) >= 11 is 0. The van der Waals surface area contributed by atoms with E-state index in [4.69, 9.17) is 19.9 Å². The van der Waals surface area contributed by atoms with E-state index in [1.165, 1.54) is 14.2 Å². The molecular formula is C22H25N5O3. The lowest BCUT2D eigenvalue weighted by Crippen LogP contribution is -2.64. The van der Waals surface area contributed by atoms with Gasteiger partial charge in [0.1, 0.15) is 11.6 Å². The molecule has 2 heterocycles. The molecule has 4 rings (SSSR count). The SMILES string of the molecule is COc1ccc([C@@H]2NC3=C(CCCC3)[C@@]3(C#N)C(OC)(OC)N=C(N)[C@]23C#N)cc1. The van der Waals surface area contributed by atoms with Crippen LogP contribution < -0.4 is 15.8 Å². The van der Waals surface area contributed by atoms with Crippen molar-refractivity contribution < 1.29 is 14.2 Å². The highest BCUT2D eigenvalue weighted by Gasteiger charge is 2.79. The van der Waals surface area contributed by atoms with Gasteiger partial charge in [0, 0.05) is 19.9 Å². The van der Waals surface area contributed by atoms with Crippen LogP contribution in [-0.4, -0.2) is 33.1 Å². The Balaban J connectivity index is 2.05. The lowest BCUT2D eigenvalue weighted by Gasteiger charge is -2.53. The Morgan fingerprint density at radius 2 is 1.73 bits per heavy atom. The van der Waals surface area contributed by atoms with E-state index in [1.54, 1.807) is 7.11 Å². The van der Waals surface area contributed by atoms with Crippen molar-refractivity contribution >= 4 is 5.84 Å². The fourth-order valence-corrected chi connectivity index (χ4v) is 5.37. The number of fused-ring (bicyclic) bond motifs is 2. The van der Waals surface area contributed by atoms with Gasteiger partial charge in [-0.1, -0.05) is 12.1 Å². The van der Waals surface area contributed by atoms with Crippen LogP contribution in [0.3, 0.4) is 0 Å². The maximum atomic E-state index is 10.7. The van der Waals surface area contributed by atoms with Crippen LogP contribution in [0, 0.1) is 33.5 Å². The number of aliphatic imine (C=N–C) groups is 1. The summed E-state index contributed by atoms with van der Waals surface area (Å²) in [6, 6.07) is 11.6. The lowest BCUT2D eigenvalue weighted by atomic mass is 9.52. The van der Waals surface area contributed by atoms with Crippen LogP contribution >= 0.6 is 0 Å². The molecule has 0 aromatic heterocycles. The molecule has 8 heteroatoms.